The van der Waals surface area contributed by atoms with Gasteiger partial charge in [0.2, 0.25) is 0 Å². The number of phenolic OH excluding ortho intramolecular Hbond substituents is 1. The molecule has 0 heterocycles. The molecule has 0 radical (unpaired) electrons. The van der Waals surface area contributed by atoms with Gasteiger partial charge in [0.15, 0.2) is 0 Å². The molecule has 0 fully saturated rings. The average Bonchev–Trinajstić information content (AvgIpc) is 2.30. The van der Waals surface area contributed by atoms with Gasteiger partial charge in [-0.05, 0) is 30.0 Å². The average molecular weight is 221 g/mol. The molecule has 0 aromatic heterocycles. The molecule has 2 rings (SSSR count). The van der Waals surface area contributed by atoms with Crippen molar-refractivity contribution in [2.45, 2.75) is 18.9 Å². The second-order valence-electron chi connectivity index (χ2n) is 4.04. The van der Waals surface area contributed by atoms with Crippen molar-refractivity contribution in [3.63, 3.8) is 0 Å². The first kappa shape index (κ1) is 11.0. The molecular weight excluding hydrogens is 206 g/mol. The summed E-state index contributed by atoms with van der Waals surface area (Å²) in [6.07, 6.45) is 1.29. The lowest BCUT2D eigenvalue weighted by molar-refractivity contribution is -0.146. The molecule has 16 heavy (non-hydrogen) atoms. The summed E-state index contributed by atoms with van der Waals surface area (Å²) < 4.78 is 4.72. The van der Waals surface area contributed by atoms with Crippen molar-refractivity contribution in [2.75, 3.05) is 7.11 Å². The molecular formula is C12H15NO3. The van der Waals surface area contributed by atoms with Crippen molar-refractivity contribution in [1.29, 1.82) is 0 Å². The van der Waals surface area contributed by atoms with Crippen molar-refractivity contribution in [3.05, 3.63) is 29.3 Å². The van der Waals surface area contributed by atoms with Crippen LogP contribution in [0.15, 0.2) is 18.2 Å². The van der Waals surface area contributed by atoms with Gasteiger partial charge in [-0.25, -0.2) is 0 Å². The third-order valence-corrected chi connectivity index (χ3v) is 3.19. The van der Waals surface area contributed by atoms with Gasteiger partial charge in [0.05, 0.1) is 13.0 Å². The number of carbonyl (C=O) groups excluding carboxylic acids is 1. The number of phenols is 1. The number of hydrogen-bond acceptors (Lipinski definition) is 4. The Hall–Kier alpha value is -1.55. The summed E-state index contributed by atoms with van der Waals surface area (Å²) in [4.78, 5) is 11.5. The summed E-state index contributed by atoms with van der Waals surface area (Å²) >= 11 is 0. The molecule has 3 N–H and O–H groups in total. The van der Waals surface area contributed by atoms with Crippen LogP contribution >= 0.6 is 0 Å². The van der Waals surface area contributed by atoms with E-state index in [0.29, 0.717) is 12.8 Å². The maximum Gasteiger partial charge on any atom is 0.310 e. The SMILES string of the molecule is COC(=O)C1CCc2c(O)cccc2C1N. The Labute approximate surface area is 94.0 Å². The zero-order valence-electron chi connectivity index (χ0n) is 9.14. The Morgan fingerprint density at radius 3 is 3.00 bits per heavy atom. The van der Waals surface area contributed by atoms with E-state index in [1.54, 1.807) is 12.1 Å². The van der Waals surface area contributed by atoms with E-state index >= 15 is 0 Å². The molecule has 0 bridgehead atoms. The van der Waals surface area contributed by atoms with Crippen LogP contribution in [0, 0.1) is 5.92 Å². The number of rotatable bonds is 1. The highest BCUT2D eigenvalue weighted by Gasteiger charge is 2.33. The zero-order chi connectivity index (χ0) is 11.7. The minimum absolute atomic E-state index is 0.260. The van der Waals surface area contributed by atoms with Crippen LogP contribution in [0.2, 0.25) is 0 Å². The van der Waals surface area contributed by atoms with Gasteiger partial charge in [-0.2, -0.15) is 0 Å². The van der Waals surface area contributed by atoms with E-state index in [1.165, 1.54) is 7.11 Å². The number of fused-ring (bicyclic) bond motifs is 1. The number of carbonyl (C=O) groups is 1. The number of ether oxygens (including phenoxy) is 1. The molecule has 2 atom stereocenters. The third-order valence-electron chi connectivity index (χ3n) is 3.19. The van der Waals surface area contributed by atoms with Crippen molar-refractivity contribution in [2.24, 2.45) is 11.7 Å². The number of benzene rings is 1. The van der Waals surface area contributed by atoms with Crippen LogP contribution in [-0.4, -0.2) is 18.2 Å². The molecule has 1 aliphatic carbocycles. The third kappa shape index (κ3) is 1.65. The fraction of sp³-hybridized carbons (Fsp3) is 0.417. The molecule has 1 aromatic carbocycles. The second kappa shape index (κ2) is 4.14. The molecule has 0 aliphatic heterocycles. The number of hydrogen-bond donors (Lipinski definition) is 2. The smallest absolute Gasteiger partial charge is 0.310 e. The summed E-state index contributed by atoms with van der Waals surface area (Å²) in [7, 11) is 1.37. The molecule has 86 valence electrons. The van der Waals surface area contributed by atoms with Crippen LogP contribution in [0.5, 0.6) is 5.75 Å². The largest absolute Gasteiger partial charge is 0.508 e. The van der Waals surface area contributed by atoms with Crippen molar-refractivity contribution >= 4 is 5.97 Å². The maximum atomic E-state index is 11.5. The van der Waals surface area contributed by atoms with Crippen LogP contribution in [-0.2, 0) is 16.0 Å². The minimum Gasteiger partial charge on any atom is -0.508 e. The normalized spacial score (nSPS) is 23.6. The first-order valence-electron chi connectivity index (χ1n) is 5.29. The molecule has 2 unspecified atom stereocenters. The first-order valence-corrected chi connectivity index (χ1v) is 5.29. The van der Waals surface area contributed by atoms with Crippen molar-refractivity contribution < 1.29 is 14.6 Å². The van der Waals surface area contributed by atoms with Crippen molar-refractivity contribution in [3.8, 4) is 5.75 Å². The topological polar surface area (TPSA) is 72.5 Å². The van der Waals surface area contributed by atoms with Gasteiger partial charge >= 0.3 is 5.97 Å². The van der Waals surface area contributed by atoms with E-state index in [0.717, 1.165) is 11.1 Å². The highest BCUT2D eigenvalue weighted by molar-refractivity contribution is 5.74. The van der Waals surface area contributed by atoms with E-state index in [9.17, 15) is 9.90 Å². The molecule has 0 spiro atoms. The van der Waals surface area contributed by atoms with Gasteiger partial charge in [0.1, 0.15) is 5.75 Å². The van der Waals surface area contributed by atoms with Crippen LogP contribution in [0.25, 0.3) is 0 Å². The Morgan fingerprint density at radius 1 is 1.56 bits per heavy atom. The Bertz CT molecular complexity index is 417. The first-order chi connectivity index (χ1) is 7.65. The van der Waals surface area contributed by atoms with Crippen molar-refractivity contribution in [1.82, 2.24) is 0 Å². The second-order valence-corrected chi connectivity index (χ2v) is 4.04. The van der Waals surface area contributed by atoms with Crippen LogP contribution in [0.4, 0.5) is 0 Å². The lowest BCUT2D eigenvalue weighted by Crippen LogP contribution is -2.33. The molecule has 0 saturated carbocycles. The highest BCUT2D eigenvalue weighted by Crippen LogP contribution is 2.37. The molecule has 1 aliphatic rings. The van der Waals surface area contributed by atoms with Gasteiger partial charge in [-0.3, -0.25) is 4.79 Å². The van der Waals surface area contributed by atoms with Gasteiger partial charge in [-0.15, -0.1) is 0 Å². The Balaban J connectivity index is 2.36. The van der Waals surface area contributed by atoms with Gasteiger partial charge in [0.25, 0.3) is 0 Å². The quantitative estimate of drug-likeness (QED) is 0.697. The number of nitrogens with two attached hydrogens (primary N) is 1. The maximum absolute atomic E-state index is 11.5. The molecule has 1 aromatic rings. The van der Waals surface area contributed by atoms with E-state index in [-0.39, 0.29) is 23.7 Å². The number of aromatic hydroxyl groups is 1. The molecule has 4 nitrogen and oxygen atoms in total. The minimum atomic E-state index is -0.386. The van der Waals surface area contributed by atoms with Crippen LogP contribution < -0.4 is 5.73 Å². The standard InChI is InChI=1S/C12H15NO3/c1-16-12(15)9-6-5-7-8(11(9)13)3-2-4-10(7)14/h2-4,9,11,14H,5-6,13H2,1H3. The van der Waals surface area contributed by atoms with Gasteiger partial charge < -0.3 is 15.6 Å². The summed E-state index contributed by atoms with van der Waals surface area (Å²) in [6, 6.07) is 4.86. The Morgan fingerprint density at radius 2 is 2.31 bits per heavy atom. The monoisotopic (exact) mass is 221 g/mol. The predicted octanol–water partition coefficient (Wildman–Crippen LogP) is 1.13. The van der Waals surface area contributed by atoms with E-state index in [2.05, 4.69) is 0 Å². The molecule has 0 amide bonds. The van der Waals surface area contributed by atoms with Gasteiger partial charge in [-0.1, -0.05) is 12.1 Å². The Kier molecular flexibility index (Phi) is 2.83. The summed E-state index contributed by atoms with van der Waals surface area (Å²) in [5.74, 6) is -0.322. The van der Waals surface area contributed by atoms with Gasteiger partial charge in [0, 0.05) is 6.04 Å². The summed E-state index contributed by atoms with van der Waals surface area (Å²) in [5, 5.41) is 9.68. The molecule has 4 heteroatoms. The highest BCUT2D eigenvalue weighted by atomic mass is 16.5. The fourth-order valence-electron chi connectivity index (χ4n) is 2.29. The fourth-order valence-corrected chi connectivity index (χ4v) is 2.29. The molecule has 0 saturated heterocycles. The summed E-state index contributed by atoms with van der Waals surface area (Å²) in [6.45, 7) is 0. The zero-order valence-corrected chi connectivity index (χ0v) is 9.14. The summed E-state index contributed by atoms with van der Waals surface area (Å²) in [5.41, 5.74) is 7.73. The van der Waals surface area contributed by atoms with Crippen LogP contribution in [0.3, 0.4) is 0 Å². The lowest BCUT2D eigenvalue weighted by atomic mass is 9.80. The number of esters is 1. The number of methoxy groups -OCH3 is 1. The predicted molar refractivity (Wildman–Crippen MR) is 58.9 cm³/mol. The lowest BCUT2D eigenvalue weighted by Gasteiger charge is -2.29. The van der Waals surface area contributed by atoms with E-state index in [1.807, 2.05) is 6.07 Å². The van der Waals surface area contributed by atoms with E-state index in [4.69, 9.17) is 10.5 Å². The van der Waals surface area contributed by atoms with Crippen LogP contribution in [0.1, 0.15) is 23.6 Å². The van der Waals surface area contributed by atoms with E-state index < -0.39 is 0 Å².